The van der Waals surface area contributed by atoms with Crippen LogP contribution in [0.1, 0.15) is 26.2 Å². The molecule has 0 aromatic heterocycles. The SMILES string of the molecule is CC(Cl)CN(C)C(=O)C1CC2CC2C1. The molecule has 0 radical (unpaired) electrons. The van der Waals surface area contributed by atoms with Gasteiger partial charge in [-0.15, -0.1) is 11.6 Å². The number of rotatable bonds is 3. The first-order valence-corrected chi connectivity index (χ1v) is 5.90. The highest BCUT2D eigenvalue weighted by atomic mass is 35.5. The molecule has 2 saturated carbocycles. The van der Waals surface area contributed by atoms with Gasteiger partial charge in [-0.3, -0.25) is 4.79 Å². The van der Waals surface area contributed by atoms with Crippen molar-refractivity contribution < 1.29 is 4.79 Å². The maximum Gasteiger partial charge on any atom is 0.225 e. The molecule has 0 heterocycles. The summed E-state index contributed by atoms with van der Waals surface area (Å²) in [5.41, 5.74) is 0. The van der Waals surface area contributed by atoms with Crippen LogP contribution in [0.4, 0.5) is 0 Å². The molecule has 2 aliphatic rings. The molecule has 80 valence electrons. The van der Waals surface area contributed by atoms with Crippen LogP contribution in [0.5, 0.6) is 0 Å². The fraction of sp³-hybridized carbons (Fsp3) is 0.909. The molecule has 2 nitrogen and oxygen atoms in total. The van der Waals surface area contributed by atoms with Crippen molar-refractivity contribution in [2.24, 2.45) is 17.8 Å². The Morgan fingerprint density at radius 1 is 1.43 bits per heavy atom. The van der Waals surface area contributed by atoms with Crippen molar-refractivity contribution in [2.45, 2.75) is 31.6 Å². The number of nitrogens with zero attached hydrogens (tertiary/aromatic N) is 1. The van der Waals surface area contributed by atoms with Crippen molar-refractivity contribution in [3.63, 3.8) is 0 Å². The first kappa shape index (κ1) is 10.3. The van der Waals surface area contributed by atoms with E-state index in [1.165, 1.54) is 6.42 Å². The highest BCUT2D eigenvalue weighted by Gasteiger charge is 2.48. The van der Waals surface area contributed by atoms with Gasteiger partial charge in [0.05, 0.1) is 0 Å². The third-order valence-corrected chi connectivity index (χ3v) is 3.63. The van der Waals surface area contributed by atoms with Gasteiger partial charge in [0.2, 0.25) is 5.91 Å². The van der Waals surface area contributed by atoms with Crippen LogP contribution >= 0.6 is 11.6 Å². The summed E-state index contributed by atoms with van der Waals surface area (Å²) < 4.78 is 0. The molecular weight excluding hydrogens is 198 g/mol. The standard InChI is InChI=1S/C11H18ClNO/c1-7(12)6-13(2)11(14)10-4-8-3-9(8)5-10/h7-10H,3-6H2,1-2H3. The van der Waals surface area contributed by atoms with Crippen LogP contribution in [0.25, 0.3) is 0 Å². The number of carbonyl (C=O) groups excluding carboxylic acids is 1. The molecule has 2 rings (SSSR count). The summed E-state index contributed by atoms with van der Waals surface area (Å²) in [6.07, 6.45) is 3.63. The van der Waals surface area contributed by atoms with Crippen LogP contribution in [0.15, 0.2) is 0 Å². The van der Waals surface area contributed by atoms with Crippen molar-refractivity contribution in [3.05, 3.63) is 0 Å². The second kappa shape index (κ2) is 3.73. The number of halogens is 1. The Hall–Kier alpha value is -0.240. The van der Waals surface area contributed by atoms with Gasteiger partial charge in [-0.25, -0.2) is 0 Å². The van der Waals surface area contributed by atoms with Crippen LogP contribution in [-0.4, -0.2) is 29.8 Å². The Morgan fingerprint density at radius 3 is 2.50 bits per heavy atom. The highest BCUT2D eigenvalue weighted by molar-refractivity contribution is 6.20. The van der Waals surface area contributed by atoms with Crippen molar-refractivity contribution in [1.82, 2.24) is 4.90 Å². The zero-order chi connectivity index (χ0) is 10.3. The van der Waals surface area contributed by atoms with Gasteiger partial charge in [-0.2, -0.15) is 0 Å². The van der Waals surface area contributed by atoms with E-state index in [0.29, 0.717) is 18.4 Å². The van der Waals surface area contributed by atoms with E-state index in [1.54, 1.807) is 4.90 Å². The molecule has 0 bridgehead atoms. The molecule has 2 aliphatic carbocycles. The molecule has 3 atom stereocenters. The van der Waals surface area contributed by atoms with Gasteiger partial charge in [0.15, 0.2) is 0 Å². The Labute approximate surface area is 90.6 Å². The molecule has 0 N–H and O–H groups in total. The predicted octanol–water partition coefficient (Wildman–Crippen LogP) is 2.12. The molecule has 2 fully saturated rings. The Morgan fingerprint density at radius 2 is 2.00 bits per heavy atom. The summed E-state index contributed by atoms with van der Waals surface area (Å²) in [7, 11) is 1.87. The topological polar surface area (TPSA) is 20.3 Å². The lowest BCUT2D eigenvalue weighted by Crippen LogP contribution is -2.35. The van der Waals surface area contributed by atoms with E-state index >= 15 is 0 Å². The number of fused-ring (bicyclic) bond motifs is 1. The van der Waals surface area contributed by atoms with Gasteiger partial charge < -0.3 is 4.90 Å². The summed E-state index contributed by atoms with van der Waals surface area (Å²) in [5, 5.41) is 0.0555. The molecular formula is C11H18ClNO. The van der Waals surface area contributed by atoms with Crippen molar-refractivity contribution in [2.75, 3.05) is 13.6 Å². The van der Waals surface area contributed by atoms with E-state index < -0.39 is 0 Å². The van der Waals surface area contributed by atoms with Crippen molar-refractivity contribution in [1.29, 1.82) is 0 Å². The van der Waals surface area contributed by atoms with Crippen LogP contribution in [-0.2, 0) is 4.79 Å². The quantitative estimate of drug-likeness (QED) is 0.661. The minimum absolute atomic E-state index is 0.0555. The molecule has 0 aromatic rings. The normalized spacial score (nSPS) is 36.4. The molecule has 0 saturated heterocycles. The van der Waals surface area contributed by atoms with E-state index in [1.807, 2.05) is 14.0 Å². The summed E-state index contributed by atoms with van der Waals surface area (Å²) >= 11 is 5.87. The summed E-state index contributed by atoms with van der Waals surface area (Å²) in [6.45, 7) is 2.60. The number of hydrogen-bond donors (Lipinski definition) is 0. The zero-order valence-electron chi connectivity index (χ0n) is 8.87. The van der Waals surface area contributed by atoms with Gasteiger partial charge in [-0.1, -0.05) is 0 Å². The van der Waals surface area contributed by atoms with Crippen LogP contribution in [0.3, 0.4) is 0 Å². The summed E-state index contributed by atoms with van der Waals surface area (Å²) in [6, 6.07) is 0. The first-order chi connectivity index (χ1) is 6.58. The number of hydrogen-bond acceptors (Lipinski definition) is 1. The lowest BCUT2D eigenvalue weighted by Gasteiger charge is -2.22. The molecule has 3 heteroatoms. The van der Waals surface area contributed by atoms with E-state index in [-0.39, 0.29) is 5.38 Å². The van der Waals surface area contributed by atoms with E-state index in [2.05, 4.69) is 0 Å². The van der Waals surface area contributed by atoms with Crippen molar-refractivity contribution >= 4 is 17.5 Å². The maximum absolute atomic E-state index is 11.9. The second-order valence-electron chi connectivity index (χ2n) is 4.92. The largest absolute Gasteiger partial charge is 0.344 e. The van der Waals surface area contributed by atoms with Gasteiger partial charge in [0.1, 0.15) is 0 Å². The molecule has 3 unspecified atom stereocenters. The fourth-order valence-electron chi connectivity index (χ4n) is 2.70. The number of amides is 1. The molecule has 1 amide bonds. The predicted molar refractivity (Wildman–Crippen MR) is 57.3 cm³/mol. The van der Waals surface area contributed by atoms with Gasteiger partial charge in [-0.05, 0) is 38.0 Å². The lowest BCUT2D eigenvalue weighted by molar-refractivity contribution is -0.134. The third-order valence-electron chi connectivity index (χ3n) is 3.49. The minimum Gasteiger partial charge on any atom is -0.344 e. The number of alkyl halides is 1. The monoisotopic (exact) mass is 215 g/mol. The van der Waals surface area contributed by atoms with E-state index in [9.17, 15) is 4.79 Å². The van der Waals surface area contributed by atoms with Crippen molar-refractivity contribution in [3.8, 4) is 0 Å². The molecule has 0 aliphatic heterocycles. The van der Waals surface area contributed by atoms with E-state index in [4.69, 9.17) is 11.6 Å². The number of carbonyl (C=O) groups is 1. The Kier molecular flexibility index (Phi) is 2.74. The lowest BCUT2D eigenvalue weighted by atomic mass is 10.0. The average molecular weight is 216 g/mol. The summed E-state index contributed by atoms with van der Waals surface area (Å²) in [5.74, 6) is 2.38. The molecule has 0 spiro atoms. The Bertz CT molecular complexity index is 231. The van der Waals surface area contributed by atoms with Gasteiger partial charge in [0.25, 0.3) is 0 Å². The third kappa shape index (κ3) is 2.05. The highest BCUT2D eigenvalue weighted by Crippen LogP contribution is 2.54. The second-order valence-corrected chi connectivity index (χ2v) is 5.67. The van der Waals surface area contributed by atoms with Gasteiger partial charge >= 0.3 is 0 Å². The first-order valence-electron chi connectivity index (χ1n) is 5.47. The molecule has 14 heavy (non-hydrogen) atoms. The molecule has 0 aromatic carbocycles. The zero-order valence-corrected chi connectivity index (χ0v) is 9.63. The van der Waals surface area contributed by atoms with E-state index in [0.717, 1.165) is 24.7 Å². The van der Waals surface area contributed by atoms with Crippen LogP contribution in [0, 0.1) is 17.8 Å². The van der Waals surface area contributed by atoms with Crippen LogP contribution in [0.2, 0.25) is 0 Å². The smallest absolute Gasteiger partial charge is 0.225 e. The average Bonchev–Trinajstić information content (AvgIpc) is 2.71. The maximum atomic E-state index is 11.9. The van der Waals surface area contributed by atoms with Gasteiger partial charge in [0, 0.05) is 24.9 Å². The van der Waals surface area contributed by atoms with Crippen LogP contribution < -0.4 is 0 Å². The summed E-state index contributed by atoms with van der Waals surface area (Å²) in [4.78, 5) is 13.7. The minimum atomic E-state index is 0.0555. The fourth-order valence-corrected chi connectivity index (χ4v) is 2.90. The Balaban J connectivity index is 1.82.